The molecule has 1 saturated carbocycles. The van der Waals surface area contributed by atoms with Crippen LogP contribution in [0.15, 0.2) is 24.3 Å². The van der Waals surface area contributed by atoms with Crippen LogP contribution in [-0.2, 0) is 15.1 Å². The summed E-state index contributed by atoms with van der Waals surface area (Å²) in [5.74, 6) is -1.51. The second kappa shape index (κ2) is 6.68. The average molecular weight is 373 g/mol. The van der Waals surface area contributed by atoms with Crippen molar-refractivity contribution in [1.29, 1.82) is 0 Å². The van der Waals surface area contributed by atoms with Crippen molar-refractivity contribution in [2.75, 3.05) is 0 Å². The molecule has 0 aromatic heterocycles. The first-order valence-electron chi connectivity index (χ1n) is 8.96. The number of rotatable bonds is 4. The monoisotopic (exact) mass is 373 g/mol. The van der Waals surface area contributed by atoms with Gasteiger partial charge in [-0.3, -0.25) is 14.9 Å². The maximum atomic E-state index is 12.6. The van der Waals surface area contributed by atoms with Gasteiger partial charge in [-0.1, -0.05) is 19.1 Å². The minimum atomic E-state index is -1.24. The summed E-state index contributed by atoms with van der Waals surface area (Å²) < 4.78 is 0. The van der Waals surface area contributed by atoms with Gasteiger partial charge in [0.15, 0.2) is 0 Å². The van der Waals surface area contributed by atoms with Gasteiger partial charge < -0.3 is 15.7 Å². The largest absolute Gasteiger partial charge is 0.480 e. The standard InChI is InChI=1S/C19H23N3O5/c1-11-7-9-19(10-8-11,16(25)26)21-14(23)12-3-5-13(6-4-12)18(2)15(24)20-17(27)22-18/h3-6,11H,7-10H2,1-2H3,(H,21,23)(H,25,26)(H2,20,22,24,27). The lowest BCUT2D eigenvalue weighted by Gasteiger charge is -2.36. The molecular weight excluding hydrogens is 350 g/mol. The average Bonchev–Trinajstić information content (AvgIpc) is 2.90. The van der Waals surface area contributed by atoms with E-state index in [0.29, 0.717) is 29.9 Å². The lowest BCUT2D eigenvalue weighted by atomic mass is 9.77. The van der Waals surface area contributed by atoms with Crippen LogP contribution in [0.1, 0.15) is 55.5 Å². The van der Waals surface area contributed by atoms with Crippen molar-refractivity contribution < 1.29 is 24.3 Å². The summed E-state index contributed by atoms with van der Waals surface area (Å²) in [4.78, 5) is 47.8. The van der Waals surface area contributed by atoms with Gasteiger partial charge in [0.05, 0.1) is 0 Å². The maximum Gasteiger partial charge on any atom is 0.329 e. The zero-order chi connectivity index (χ0) is 19.8. The van der Waals surface area contributed by atoms with Gasteiger partial charge in [0, 0.05) is 5.56 Å². The molecule has 3 rings (SSSR count). The first kappa shape index (κ1) is 18.9. The highest BCUT2D eigenvalue weighted by atomic mass is 16.4. The van der Waals surface area contributed by atoms with Crippen LogP contribution >= 0.6 is 0 Å². The number of hydrogen-bond acceptors (Lipinski definition) is 4. The molecule has 8 nitrogen and oxygen atoms in total. The zero-order valence-electron chi connectivity index (χ0n) is 15.3. The van der Waals surface area contributed by atoms with Gasteiger partial charge in [0.2, 0.25) is 0 Å². The number of carbonyl (C=O) groups is 4. The zero-order valence-corrected chi connectivity index (χ0v) is 15.3. The fraction of sp³-hybridized carbons (Fsp3) is 0.474. The third kappa shape index (κ3) is 3.39. The van der Waals surface area contributed by atoms with Crippen molar-refractivity contribution in [3.63, 3.8) is 0 Å². The van der Waals surface area contributed by atoms with Crippen molar-refractivity contribution in [1.82, 2.24) is 16.0 Å². The summed E-state index contributed by atoms with van der Waals surface area (Å²) >= 11 is 0. The number of carboxylic acids is 1. The van der Waals surface area contributed by atoms with Gasteiger partial charge in [0.1, 0.15) is 11.1 Å². The van der Waals surface area contributed by atoms with Crippen LogP contribution < -0.4 is 16.0 Å². The van der Waals surface area contributed by atoms with Gasteiger partial charge in [-0.2, -0.15) is 0 Å². The molecule has 1 aliphatic heterocycles. The van der Waals surface area contributed by atoms with Crippen molar-refractivity contribution in [2.24, 2.45) is 5.92 Å². The van der Waals surface area contributed by atoms with Gasteiger partial charge in [-0.25, -0.2) is 9.59 Å². The van der Waals surface area contributed by atoms with Crippen LogP contribution in [0.3, 0.4) is 0 Å². The van der Waals surface area contributed by atoms with Gasteiger partial charge in [-0.05, 0) is 56.2 Å². The Hall–Kier alpha value is -2.90. The molecule has 1 heterocycles. The van der Waals surface area contributed by atoms with Gasteiger partial charge in [0.25, 0.3) is 11.8 Å². The summed E-state index contributed by atoms with van der Waals surface area (Å²) in [6, 6.07) is 5.63. The second-order valence-electron chi connectivity index (χ2n) is 7.63. The Morgan fingerprint density at radius 2 is 1.74 bits per heavy atom. The number of carbonyl (C=O) groups excluding carboxylic acids is 3. The number of hydrogen-bond donors (Lipinski definition) is 4. The Labute approximate surface area is 156 Å². The Bertz CT molecular complexity index is 796. The van der Waals surface area contributed by atoms with E-state index in [4.69, 9.17) is 0 Å². The van der Waals surface area contributed by atoms with E-state index in [9.17, 15) is 24.3 Å². The molecule has 1 aromatic rings. The van der Waals surface area contributed by atoms with E-state index in [1.54, 1.807) is 19.1 Å². The number of imide groups is 1. The van der Waals surface area contributed by atoms with E-state index in [1.807, 2.05) is 0 Å². The fourth-order valence-corrected chi connectivity index (χ4v) is 3.64. The highest BCUT2D eigenvalue weighted by Crippen LogP contribution is 2.32. The minimum absolute atomic E-state index is 0.298. The first-order chi connectivity index (χ1) is 12.7. The van der Waals surface area contributed by atoms with Gasteiger partial charge >= 0.3 is 12.0 Å². The van der Waals surface area contributed by atoms with Crippen molar-refractivity contribution in [2.45, 2.75) is 50.6 Å². The number of benzene rings is 1. The Morgan fingerprint density at radius 3 is 2.22 bits per heavy atom. The third-order valence-electron chi connectivity index (χ3n) is 5.66. The molecule has 1 unspecified atom stereocenters. The predicted molar refractivity (Wildman–Crippen MR) is 95.9 cm³/mol. The highest BCUT2D eigenvalue weighted by molar-refractivity contribution is 6.07. The van der Waals surface area contributed by atoms with Crippen LogP contribution in [0.25, 0.3) is 0 Å². The quantitative estimate of drug-likeness (QED) is 0.596. The molecule has 4 N–H and O–H groups in total. The number of amides is 4. The summed E-state index contributed by atoms with van der Waals surface area (Å²) in [6.45, 7) is 3.65. The molecule has 1 aliphatic carbocycles. The molecule has 1 aromatic carbocycles. The fourth-order valence-electron chi connectivity index (χ4n) is 3.64. The normalized spacial score (nSPS) is 30.4. The Kier molecular flexibility index (Phi) is 4.67. The smallest absolute Gasteiger partial charge is 0.329 e. The van der Waals surface area contributed by atoms with E-state index in [0.717, 1.165) is 12.8 Å². The van der Waals surface area contributed by atoms with E-state index < -0.39 is 34.9 Å². The van der Waals surface area contributed by atoms with E-state index in [2.05, 4.69) is 22.9 Å². The highest BCUT2D eigenvalue weighted by Gasteiger charge is 2.44. The summed E-state index contributed by atoms with van der Waals surface area (Å²) in [7, 11) is 0. The molecular formula is C19H23N3O5. The summed E-state index contributed by atoms with van der Waals surface area (Å²) in [5.41, 5.74) is -1.62. The summed E-state index contributed by atoms with van der Waals surface area (Å²) in [5, 5.41) is 17.1. The van der Waals surface area contributed by atoms with Gasteiger partial charge in [-0.15, -0.1) is 0 Å². The molecule has 1 saturated heterocycles. The summed E-state index contributed by atoms with van der Waals surface area (Å²) in [6.07, 6.45) is 2.30. The third-order valence-corrected chi connectivity index (χ3v) is 5.66. The molecule has 2 aliphatic rings. The Morgan fingerprint density at radius 1 is 1.15 bits per heavy atom. The Balaban J connectivity index is 1.77. The van der Waals surface area contributed by atoms with Crippen LogP contribution in [0, 0.1) is 5.92 Å². The molecule has 4 amide bonds. The second-order valence-corrected chi connectivity index (χ2v) is 7.63. The SMILES string of the molecule is CC1CCC(NC(=O)c2ccc(C3(C)NC(=O)NC3=O)cc2)(C(=O)O)CC1. The molecule has 8 heteroatoms. The molecule has 0 spiro atoms. The molecule has 2 fully saturated rings. The number of nitrogens with one attached hydrogen (secondary N) is 3. The van der Waals surface area contributed by atoms with E-state index >= 15 is 0 Å². The topological polar surface area (TPSA) is 125 Å². The van der Waals surface area contributed by atoms with Crippen LogP contribution in [0.2, 0.25) is 0 Å². The lowest BCUT2D eigenvalue weighted by Crippen LogP contribution is -2.56. The van der Waals surface area contributed by atoms with E-state index in [1.165, 1.54) is 12.1 Å². The molecule has 0 radical (unpaired) electrons. The van der Waals surface area contributed by atoms with E-state index in [-0.39, 0.29) is 0 Å². The first-order valence-corrected chi connectivity index (χ1v) is 8.96. The van der Waals surface area contributed by atoms with Crippen molar-refractivity contribution in [3.05, 3.63) is 35.4 Å². The van der Waals surface area contributed by atoms with Crippen LogP contribution in [0.4, 0.5) is 4.79 Å². The van der Waals surface area contributed by atoms with Crippen LogP contribution in [0.5, 0.6) is 0 Å². The molecule has 144 valence electrons. The molecule has 0 bridgehead atoms. The lowest BCUT2D eigenvalue weighted by molar-refractivity contribution is -0.146. The number of urea groups is 1. The number of aliphatic carboxylic acids is 1. The van der Waals surface area contributed by atoms with Crippen molar-refractivity contribution >= 4 is 23.8 Å². The van der Waals surface area contributed by atoms with Crippen LogP contribution in [-0.4, -0.2) is 34.5 Å². The minimum Gasteiger partial charge on any atom is -0.480 e. The number of carboxylic acid groups (broad SMARTS) is 1. The maximum absolute atomic E-state index is 12.6. The molecule has 27 heavy (non-hydrogen) atoms. The predicted octanol–water partition coefficient (Wildman–Crippen LogP) is 1.50. The molecule has 1 atom stereocenters. The van der Waals surface area contributed by atoms with Crippen molar-refractivity contribution in [3.8, 4) is 0 Å².